The summed E-state index contributed by atoms with van der Waals surface area (Å²) in [6.45, 7) is 4.91. The number of aromatic nitrogens is 1. The molecule has 18 heavy (non-hydrogen) atoms. The van der Waals surface area contributed by atoms with Gasteiger partial charge in [-0.25, -0.2) is 4.98 Å². The van der Waals surface area contributed by atoms with Gasteiger partial charge in [-0.15, -0.1) is 11.3 Å². The van der Waals surface area contributed by atoms with Crippen LogP contribution in [0.1, 0.15) is 47.7 Å². The van der Waals surface area contributed by atoms with E-state index in [-0.39, 0.29) is 5.78 Å². The van der Waals surface area contributed by atoms with E-state index < -0.39 is 0 Å². The van der Waals surface area contributed by atoms with Gasteiger partial charge >= 0.3 is 0 Å². The molecule has 0 bridgehead atoms. The van der Waals surface area contributed by atoms with Crippen LogP contribution in [0.5, 0.6) is 0 Å². The molecule has 2 rings (SSSR count). The Kier molecular flexibility index (Phi) is 4.89. The van der Waals surface area contributed by atoms with E-state index in [1.807, 2.05) is 6.92 Å². The zero-order valence-electron chi connectivity index (χ0n) is 11.2. The van der Waals surface area contributed by atoms with Crippen LogP contribution < -0.4 is 0 Å². The summed E-state index contributed by atoms with van der Waals surface area (Å²) in [6, 6.07) is 0. The largest absolute Gasteiger partial charge is 0.378 e. The van der Waals surface area contributed by atoms with Crippen LogP contribution in [0, 0.1) is 13.8 Å². The third-order valence-corrected chi connectivity index (χ3v) is 4.51. The molecule has 1 atom stereocenters. The van der Waals surface area contributed by atoms with Crippen molar-refractivity contribution in [1.82, 2.24) is 4.98 Å². The highest BCUT2D eigenvalue weighted by Crippen LogP contribution is 2.20. The summed E-state index contributed by atoms with van der Waals surface area (Å²) in [7, 11) is 0. The Balaban J connectivity index is 1.74. The van der Waals surface area contributed by atoms with Crippen LogP contribution in [0.4, 0.5) is 0 Å². The fraction of sp³-hybridized carbons (Fsp3) is 0.714. The van der Waals surface area contributed by atoms with E-state index in [0.717, 1.165) is 30.2 Å². The summed E-state index contributed by atoms with van der Waals surface area (Å²) >= 11 is 1.64. The maximum absolute atomic E-state index is 11.9. The number of ketones is 1. The quantitative estimate of drug-likeness (QED) is 0.822. The van der Waals surface area contributed by atoms with Crippen molar-refractivity contribution in [1.29, 1.82) is 0 Å². The van der Waals surface area contributed by atoms with Crippen LogP contribution >= 0.6 is 11.3 Å². The molecule has 0 radical (unpaired) electrons. The third-order valence-electron chi connectivity index (χ3n) is 3.44. The normalized spacial score (nSPS) is 20.0. The van der Waals surface area contributed by atoms with Crippen LogP contribution in [-0.2, 0) is 16.0 Å². The Hall–Kier alpha value is -0.740. The Morgan fingerprint density at radius 2 is 2.28 bits per heavy atom. The van der Waals surface area contributed by atoms with Gasteiger partial charge in [0.1, 0.15) is 10.8 Å². The van der Waals surface area contributed by atoms with E-state index in [2.05, 4.69) is 11.9 Å². The van der Waals surface area contributed by atoms with Gasteiger partial charge in [-0.1, -0.05) is 0 Å². The number of hydrogen-bond acceptors (Lipinski definition) is 4. The van der Waals surface area contributed by atoms with Gasteiger partial charge in [0.15, 0.2) is 0 Å². The lowest BCUT2D eigenvalue weighted by molar-refractivity contribution is -0.119. The number of thiazole rings is 1. The number of ether oxygens (including phenoxy) is 1. The number of nitrogens with zero attached hydrogens (tertiary/aromatic N) is 1. The molecule has 0 saturated carbocycles. The van der Waals surface area contributed by atoms with Gasteiger partial charge in [-0.2, -0.15) is 0 Å². The molecule has 1 fully saturated rings. The maximum atomic E-state index is 11.9. The predicted molar refractivity (Wildman–Crippen MR) is 73.1 cm³/mol. The number of Topliss-reactive ketones (excluding diaryl/α,β-unsaturated/α-hetero) is 1. The molecular weight excluding hydrogens is 246 g/mol. The lowest BCUT2D eigenvalue weighted by Gasteiger charge is -2.21. The molecule has 100 valence electrons. The van der Waals surface area contributed by atoms with Crippen LogP contribution in [0.3, 0.4) is 0 Å². The first-order valence-electron chi connectivity index (χ1n) is 6.71. The van der Waals surface area contributed by atoms with E-state index in [4.69, 9.17) is 4.74 Å². The minimum absolute atomic E-state index is 0.290. The van der Waals surface area contributed by atoms with Crippen molar-refractivity contribution < 1.29 is 9.53 Å². The Labute approximate surface area is 113 Å². The van der Waals surface area contributed by atoms with Gasteiger partial charge < -0.3 is 4.74 Å². The lowest BCUT2D eigenvalue weighted by Crippen LogP contribution is -2.20. The van der Waals surface area contributed by atoms with Crippen molar-refractivity contribution in [3.63, 3.8) is 0 Å². The Morgan fingerprint density at radius 3 is 2.89 bits per heavy atom. The first-order chi connectivity index (χ1) is 8.65. The van der Waals surface area contributed by atoms with Crippen LogP contribution in [0.25, 0.3) is 0 Å². The summed E-state index contributed by atoms with van der Waals surface area (Å²) in [6.07, 6.45) is 5.83. The monoisotopic (exact) mass is 267 g/mol. The molecule has 0 aromatic carbocycles. The fourth-order valence-corrected chi connectivity index (χ4v) is 3.19. The highest BCUT2D eigenvalue weighted by molar-refractivity contribution is 7.11. The van der Waals surface area contributed by atoms with Crippen molar-refractivity contribution >= 4 is 17.1 Å². The molecule has 1 unspecified atom stereocenters. The SMILES string of the molecule is Cc1nc(CC(=O)CCC2CCCCO2)sc1C. The summed E-state index contributed by atoms with van der Waals surface area (Å²) in [5.74, 6) is 0.290. The first kappa shape index (κ1) is 13.7. The summed E-state index contributed by atoms with van der Waals surface area (Å²) < 4.78 is 5.64. The molecule has 1 aliphatic heterocycles. The zero-order chi connectivity index (χ0) is 13.0. The topological polar surface area (TPSA) is 39.2 Å². The van der Waals surface area contributed by atoms with Gasteiger partial charge in [0.2, 0.25) is 0 Å². The van der Waals surface area contributed by atoms with E-state index in [1.54, 1.807) is 11.3 Å². The molecule has 0 N–H and O–H groups in total. The number of carbonyl (C=O) groups is 1. The minimum Gasteiger partial charge on any atom is -0.378 e. The van der Waals surface area contributed by atoms with Crippen LogP contribution in [0.15, 0.2) is 0 Å². The van der Waals surface area contributed by atoms with E-state index >= 15 is 0 Å². The van der Waals surface area contributed by atoms with E-state index in [0.29, 0.717) is 18.9 Å². The maximum Gasteiger partial charge on any atom is 0.139 e. The average molecular weight is 267 g/mol. The van der Waals surface area contributed by atoms with E-state index in [9.17, 15) is 4.79 Å². The predicted octanol–water partition coefficient (Wildman–Crippen LogP) is 3.22. The molecular formula is C14H21NO2S. The molecule has 1 aliphatic rings. The van der Waals surface area contributed by atoms with Crippen molar-refractivity contribution in [2.45, 2.75) is 58.5 Å². The highest BCUT2D eigenvalue weighted by atomic mass is 32.1. The number of rotatable bonds is 5. The fourth-order valence-electron chi connectivity index (χ4n) is 2.23. The summed E-state index contributed by atoms with van der Waals surface area (Å²) in [5, 5.41) is 0.958. The Bertz CT molecular complexity index is 388. The molecule has 2 heterocycles. The number of aryl methyl sites for hydroxylation is 2. The third kappa shape index (κ3) is 3.89. The Morgan fingerprint density at radius 1 is 1.44 bits per heavy atom. The van der Waals surface area contributed by atoms with Gasteiger partial charge in [0.05, 0.1) is 18.2 Å². The molecule has 3 nitrogen and oxygen atoms in total. The number of hydrogen-bond donors (Lipinski definition) is 0. The van der Waals surface area contributed by atoms with Gasteiger partial charge in [-0.3, -0.25) is 4.79 Å². The average Bonchev–Trinajstić information content (AvgIpc) is 2.67. The molecule has 1 aromatic rings. The molecule has 1 saturated heterocycles. The molecule has 0 amide bonds. The standard InChI is InChI=1S/C14H21NO2S/c1-10-11(2)18-14(15-10)9-12(16)6-7-13-5-3-4-8-17-13/h13H,3-9H2,1-2H3. The van der Waals surface area contributed by atoms with Crippen LogP contribution in [0.2, 0.25) is 0 Å². The van der Waals surface area contributed by atoms with Crippen molar-refractivity contribution in [3.8, 4) is 0 Å². The molecule has 4 heteroatoms. The zero-order valence-corrected chi connectivity index (χ0v) is 12.0. The highest BCUT2D eigenvalue weighted by Gasteiger charge is 2.16. The molecule has 0 spiro atoms. The smallest absolute Gasteiger partial charge is 0.139 e. The first-order valence-corrected chi connectivity index (χ1v) is 7.53. The van der Waals surface area contributed by atoms with Crippen molar-refractivity contribution in [2.24, 2.45) is 0 Å². The van der Waals surface area contributed by atoms with E-state index in [1.165, 1.54) is 17.7 Å². The summed E-state index contributed by atoms with van der Waals surface area (Å²) in [4.78, 5) is 17.5. The molecule has 1 aromatic heterocycles. The van der Waals surface area contributed by atoms with Crippen LogP contribution in [-0.4, -0.2) is 23.5 Å². The second-order valence-electron chi connectivity index (χ2n) is 4.99. The molecule has 0 aliphatic carbocycles. The van der Waals surface area contributed by atoms with Crippen molar-refractivity contribution in [2.75, 3.05) is 6.61 Å². The second-order valence-corrected chi connectivity index (χ2v) is 6.28. The van der Waals surface area contributed by atoms with Gasteiger partial charge in [0, 0.05) is 17.9 Å². The number of carbonyl (C=O) groups excluding carboxylic acids is 1. The van der Waals surface area contributed by atoms with Gasteiger partial charge in [0.25, 0.3) is 0 Å². The second kappa shape index (κ2) is 6.43. The minimum atomic E-state index is 0.290. The summed E-state index contributed by atoms with van der Waals surface area (Å²) in [5.41, 5.74) is 1.05. The lowest BCUT2D eigenvalue weighted by atomic mass is 10.0. The van der Waals surface area contributed by atoms with Gasteiger partial charge in [-0.05, 0) is 39.5 Å². The van der Waals surface area contributed by atoms with Crippen molar-refractivity contribution in [3.05, 3.63) is 15.6 Å².